The van der Waals surface area contributed by atoms with E-state index < -0.39 is 0 Å². The van der Waals surface area contributed by atoms with Gasteiger partial charge in [0.2, 0.25) is 0 Å². The molecule has 1 aliphatic heterocycles. The van der Waals surface area contributed by atoms with E-state index in [1.807, 2.05) is 0 Å². The summed E-state index contributed by atoms with van der Waals surface area (Å²) >= 11 is 0. The predicted octanol–water partition coefficient (Wildman–Crippen LogP) is 2.69. The summed E-state index contributed by atoms with van der Waals surface area (Å²) in [5.41, 5.74) is 1.13. The minimum atomic E-state index is 0.471. The summed E-state index contributed by atoms with van der Waals surface area (Å²) in [5, 5.41) is 6.96. The topological polar surface area (TPSA) is 59.1 Å². The summed E-state index contributed by atoms with van der Waals surface area (Å²) in [6.07, 6.45) is 4.56. The molecule has 1 aliphatic carbocycles. The van der Waals surface area contributed by atoms with Gasteiger partial charge in [-0.2, -0.15) is 0 Å². The molecule has 0 atom stereocenters. The Bertz CT molecular complexity index is 467. The summed E-state index contributed by atoms with van der Waals surface area (Å²) in [7, 11) is 0. The van der Waals surface area contributed by atoms with Crippen molar-refractivity contribution in [2.45, 2.75) is 51.5 Å². The van der Waals surface area contributed by atoms with Gasteiger partial charge in [-0.05, 0) is 39.5 Å². The van der Waals surface area contributed by atoms with Gasteiger partial charge in [-0.1, -0.05) is 0 Å². The Balaban J connectivity index is 1.82. The summed E-state index contributed by atoms with van der Waals surface area (Å²) in [6, 6.07) is 0.471. The lowest BCUT2D eigenvalue weighted by molar-refractivity contribution is 0.0903. The third kappa shape index (κ3) is 3.03. The van der Waals surface area contributed by atoms with Crippen molar-refractivity contribution >= 4 is 11.6 Å². The lowest BCUT2D eigenvalue weighted by Gasteiger charge is -2.25. The lowest BCUT2D eigenvalue weighted by atomic mass is 10.1. The first-order valence-corrected chi connectivity index (χ1v) is 7.74. The number of ether oxygens (including phenoxy) is 1. The number of rotatable bonds is 5. The van der Waals surface area contributed by atoms with E-state index in [4.69, 9.17) is 14.7 Å². The highest BCUT2D eigenvalue weighted by molar-refractivity contribution is 5.58. The summed E-state index contributed by atoms with van der Waals surface area (Å²) in [5.74, 6) is 3.56. The van der Waals surface area contributed by atoms with Crippen LogP contribution < -0.4 is 10.6 Å². The second-order valence-electron chi connectivity index (χ2n) is 5.74. The highest BCUT2D eigenvalue weighted by Gasteiger charge is 2.28. The molecule has 5 nitrogen and oxygen atoms in total. The van der Waals surface area contributed by atoms with Crippen LogP contribution >= 0.6 is 0 Å². The molecule has 2 N–H and O–H groups in total. The molecular formula is C15H24N4O. The Labute approximate surface area is 120 Å². The Morgan fingerprint density at radius 1 is 1.10 bits per heavy atom. The summed E-state index contributed by atoms with van der Waals surface area (Å²) < 4.78 is 5.42. The molecule has 2 aliphatic rings. The number of anilines is 2. The van der Waals surface area contributed by atoms with Gasteiger partial charge in [-0.3, -0.25) is 0 Å². The molecule has 2 fully saturated rings. The Morgan fingerprint density at radius 3 is 2.45 bits per heavy atom. The molecule has 5 heteroatoms. The summed E-state index contributed by atoms with van der Waals surface area (Å²) in [4.78, 5) is 9.46. The number of nitrogens with zero attached hydrogens (tertiary/aromatic N) is 2. The fourth-order valence-electron chi connectivity index (χ4n) is 2.57. The molecule has 110 valence electrons. The minimum Gasteiger partial charge on any atom is -0.381 e. The molecule has 2 heterocycles. The van der Waals surface area contributed by atoms with Crippen molar-refractivity contribution < 1.29 is 4.74 Å². The average Bonchev–Trinajstić information content (AvgIpc) is 3.29. The second kappa shape index (κ2) is 5.95. The molecule has 0 amide bonds. The molecule has 0 aromatic carbocycles. The van der Waals surface area contributed by atoms with Crippen molar-refractivity contribution in [1.29, 1.82) is 0 Å². The van der Waals surface area contributed by atoms with Crippen LogP contribution in [0.25, 0.3) is 0 Å². The van der Waals surface area contributed by atoms with E-state index in [1.54, 1.807) is 0 Å². The van der Waals surface area contributed by atoms with Gasteiger partial charge in [-0.15, -0.1) is 0 Å². The predicted molar refractivity (Wildman–Crippen MR) is 80.4 cm³/mol. The molecule has 20 heavy (non-hydrogen) atoms. The van der Waals surface area contributed by atoms with E-state index in [9.17, 15) is 0 Å². The van der Waals surface area contributed by atoms with Crippen LogP contribution in [0.3, 0.4) is 0 Å². The van der Waals surface area contributed by atoms with Crippen LogP contribution in [-0.4, -0.2) is 35.8 Å². The minimum absolute atomic E-state index is 0.471. The van der Waals surface area contributed by atoms with Crippen LogP contribution in [0.1, 0.15) is 49.9 Å². The Hall–Kier alpha value is -1.36. The molecule has 0 radical (unpaired) electrons. The lowest BCUT2D eigenvalue weighted by Crippen LogP contribution is -2.29. The normalized spacial score (nSPS) is 19.9. The average molecular weight is 276 g/mol. The smallest absolute Gasteiger partial charge is 0.136 e. The van der Waals surface area contributed by atoms with Gasteiger partial charge in [0.25, 0.3) is 0 Å². The fourth-order valence-corrected chi connectivity index (χ4v) is 2.57. The van der Waals surface area contributed by atoms with Crippen molar-refractivity contribution in [2.75, 3.05) is 30.4 Å². The van der Waals surface area contributed by atoms with Gasteiger partial charge >= 0.3 is 0 Å². The van der Waals surface area contributed by atoms with E-state index in [1.165, 1.54) is 12.8 Å². The van der Waals surface area contributed by atoms with Crippen molar-refractivity contribution in [3.05, 3.63) is 11.4 Å². The fraction of sp³-hybridized carbons (Fsp3) is 0.733. The van der Waals surface area contributed by atoms with Crippen LogP contribution in [0, 0.1) is 6.92 Å². The van der Waals surface area contributed by atoms with Gasteiger partial charge in [0.15, 0.2) is 0 Å². The zero-order chi connectivity index (χ0) is 13.9. The molecule has 0 spiro atoms. The molecule has 1 aromatic rings. The first kappa shape index (κ1) is 13.6. The molecule has 0 unspecified atom stereocenters. The third-order valence-corrected chi connectivity index (χ3v) is 4.01. The maximum Gasteiger partial charge on any atom is 0.136 e. The van der Waals surface area contributed by atoms with E-state index >= 15 is 0 Å². The van der Waals surface area contributed by atoms with E-state index in [-0.39, 0.29) is 0 Å². The standard InChI is InChI=1S/C15H24N4O/c1-3-16-13-10(2)14(17-12-6-8-20-9-7-12)19-15(18-13)11-4-5-11/h11-12H,3-9H2,1-2H3,(H2,16,17,18,19). The number of aromatic nitrogens is 2. The second-order valence-corrected chi connectivity index (χ2v) is 5.74. The van der Waals surface area contributed by atoms with Crippen LogP contribution in [0.2, 0.25) is 0 Å². The molecular weight excluding hydrogens is 252 g/mol. The van der Waals surface area contributed by atoms with E-state index in [2.05, 4.69) is 24.5 Å². The van der Waals surface area contributed by atoms with Crippen LogP contribution in [-0.2, 0) is 4.74 Å². The number of hydrogen-bond donors (Lipinski definition) is 2. The first-order valence-electron chi connectivity index (χ1n) is 7.74. The third-order valence-electron chi connectivity index (χ3n) is 4.01. The van der Waals surface area contributed by atoms with Gasteiger partial charge in [0.05, 0.1) is 0 Å². The maximum atomic E-state index is 5.42. The molecule has 1 saturated heterocycles. The van der Waals surface area contributed by atoms with Gasteiger partial charge in [-0.25, -0.2) is 9.97 Å². The largest absolute Gasteiger partial charge is 0.381 e. The van der Waals surface area contributed by atoms with Crippen molar-refractivity contribution in [1.82, 2.24) is 9.97 Å². The zero-order valence-electron chi connectivity index (χ0n) is 12.4. The summed E-state index contributed by atoms with van der Waals surface area (Å²) in [6.45, 7) is 6.77. The Kier molecular flexibility index (Phi) is 4.05. The van der Waals surface area contributed by atoms with E-state index in [0.29, 0.717) is 12.0 Å². The molecule has 1 aromatic heterocycles. The highest BCUT2D eigenvalue weighted by atomic mass is 16.5. The monoisotopic (exact) mass is 276 g/mol. The zero-order valence-corrected chi connectivity index (χ0v) is 12.4. The van der Waals surface area contributed by atoms with Gasteiger partial charge in [0.1, 0.15) is 17.5 Å². The van der Waals surface area contributed by atoms with E-state index in [0.717, 1.165) is 55.6 Å². The first-order chi connectivity index (χ1) is 9.78. The van der Waals surface area contributed by atoms with Gasteiger partial charge in [0, 0.05) is 37.3 Å². The van der Waals surface area contributed by atoms with Crippen LogP contribution in [0.4, 0.5) is 11.6 Å². The van der Waals surface area contributed by atoms with Crippen LogP contribution in [0.5, 0.6) is 0 Å². The molecule has 3 rings (SSSR count). The number of hydrogen-bond acceptors (Lipinski definition) is 5. The van der Waals surface area contributed by atoms with Crippen molar-refractivity contribution in [3.63, 3.8) is 0 Å². The number of nitrogens with one attached hydrogen (secondary N) is 2. The molecule has 0 bridgehead atoms. The quantitative estimate of drug-likeness (QED) is 0.866. The highest BCUT2D eigenvalue weighted by Crippen LogP contribution is 2.39. The van der Waals surface area contributed by atoms with Gasteiger partial charge < -0.3 is 15.4 Å². The Morgan fingerprint density at radius 2 is 1.80 bits per heavy atom. The van der Waals surface area contributed by atoms with Crippen LogP contribution in [0.15, 0.2) is 0 Å². The van der Waals surface area contributed by atoms with Crippen molar-refractivity contribution in [3.8, 4) is 0 Å². The molecule has 1 saturated carbocycles. The van der Waals surface area contributed by atoms with Crippen molar-refractivity contribution in [2.24, 2.45) is 0 Å². The SMILES string of the molecule is CCNc1nc(C2CC2)nc(NC2CCOCC2)c1C. The maximum absolute atomic E-state index is 5.42.